The normalized spacial score (nSPS) is 20.3. The zero-order valence-electron chi connectivity index (χ0n) is 16.4. The maximum Gasteiger partial charge on any atom is 0.317 e. The van der Waals surface area contributed by atoms with Gasteiger partial charge in [-0.25, -0.2) is 4.79 Å². The van der Waals surface area contributed by atoms with Crippen LogP contribution in [0.15, 0.2) is 24.8 Å². The van der Waals surface area contributed by atoms with E-state index in [0.29, 0.717) is 35.6 Å². The fourth-order valence-electron chi connectivity index (χ4n) is 4.04. The number of hydrogen-bond acceptors (Lipinski definition) is 4. The molecule has 0 spiro atoms. The Labute approximate surface area is 175 Å². The van der Waals surface area contributed by atoms with E-state index in [0.717, 1.165) is 44.6 Å². The summed E-state index contributed by atoms with van der Waals surface area (Å²) in [6.07, 6.45) is 3.60. The zero-order valence-corrected chi connectivity index (χ0v) is 17.2. The van der Waals surface area contributed by atoms with E-state index >= 15 is 0 Å². The standard InChI is InChI=1S/C21H27ClN4O3/c1-2-20(28)26-12-16(13-26)24-5-7-25(8-6-24)21(29)23-11-15-9-17(14-3-4-14)18(22)10-19(15)27/h2,9-10,14,16,27H,1,3-8,11-13H2,(H,23,29). The molecule has 156 valence electrons. The number of piperazine rings is 1. The number of phenols is 1. The lowest BCUT2D eigenvalue weighted by molar-refractivity contribution is -0.133. The third-order valence-corrected chi connectivity index (χ3v) is 6.44. The van der Waals surface area contributed by atoms with Crippen molar-refractivity contribution in [2.45, 2.75) is 31.3 Å². The molecule has 3 aliphatic rings. The van der Waals surface area contributed by atoms with Gasteiger partial charge in [0.15, 0.2) is 0 Å². The van der Waals surface area contributed by atoms with Crippen molar-refractivity contribution in [1.82, 2.24) is 20.0 Å². The van der Waals surface area contributed by atoms with Gasteiger partial charge in [0, 0.05) is 62.4 Å². The number of amides is 3. The highest BCUT2D eigenvalue weighted by molar-refractivity contribution is 6.31. The minimum absolute atomic E-state index is 0.0189. The number of carbonyl (C=O) groups excluding carboxylic acids is 2. The molecule has 0 radical (unpaired) electrons. The van der Waals surface area contributed by atoms with Crippen molar-refractivity contribution in [1.29, 1.82) is 0 Å². The zero-order chi connectivity index (χ0) is 20.5. The Morgan fingerprint density at radius 2 is 1.86 bits per heavy atom. The van der Waals surface area contributed by atoms with Gasteiger partial charge in [-0.05, 0) is 42.5 Å². The Bertz CT molecular complexity index is 812. The van der Waals surface area contributed by atoms with Crippen LogP contribution in [0.2, 0.25) is 5.02 Å². The molecule has 4 rings (SSSR count). The molecule has 1 aromatic rings. The second kappa shape index (κ2) is 8.24. The van der Waals surface area contributed by atoms with Gasteiger partial charge in [-0.15, -0.1) is 0 Å². The first-order chi connectivity index (χ1) is 14.0. The first kappa shape index (κ1) is 20.0. The van der Waals surface area contributed by atoms with Crippen molar-refractivity contribution >= 4 is 23.5 Å². The molecule has 0 unspecified atom stereocenters. The minimum atomic E-state index is -0.121. The topological polar surface area (TPSA) is 76.1 Å². The minimum Gasteiger partial charge on any atom is -0.508 e. The number of nitrogens with zero attached hydrogens (tertiary/aromatic N) is 3. The summed E-state index contributed by atoms with van der Waals surface area (Å²) in [5.74, 6) is 0.581. The van der Waals surface area contributed by atoms with E-state index in [1.165, 1.54) is 6.08 Å². The lowest BCUT2D eigenvalue weighted by atomic mass is 10.1. The smallest absolute Gasteiger partial charge is 0.317 e. The lowest BCUT2D eigenvalue weighted by Crippen LogP contribution is -2.64. The molecule has 29 heavy (non-hydrogen) atoms. The van der Waals surface area contributed by atoms with Gasteiger partial charge in [0.05, 0.1) is 0 Å². The van der Waals surface area contributed by atoms with Gasteiger partial charge in [-0.3, -0.25) is 9.69 Å². The molecular formula is C21H27ClN4O3. The maximum absolute atomic E-state index is 12.5. The van der Waals surface area contributed by atoms with Crippen molar-refractivity contribution < 1.29 is 14.7 Å². The van der Waals surface area contributed by atoms with Gasteiger partial charge in [0.1, 0.15) is 5.75 Å². The molecule has 8 heteroatoms. The number of benzene rings is 1. The highest BCUT2D eigenvalue weighted by Gasteiger charge is 2.35. The number of aromatic hydroxyl groups is 1. The fraction of sp³-hybridized carbons (Fsp3) is 0.524. The van der Waals surface area contributed by atoms with Gasteiger partial charge in [0.25, 0.3) is 0 Å². The monoisotopic (exact) mass is 418 g/mol. The number of nitrogens with one attached hydrogen (secondary N) is 1. The molecule has 0 aromatic heterocycles. The van der Waals surface area contributed by atoms with Gasteiger partial charge in [-0.2, -0.15) is 0 Å². The first-order valence-corrected chi connectivity index (χ1v) is 10.5. The molecule has 2 aliphatic heterocycles. The first-order valence-electron chi connectivity index (χ1n) is 10.2. The third-order valence-electron chi connectivity index (χ3n) is 6.11. The second-order valence-electron chi connectivity index (χ2n) is 8.06. The summed E-state index contributed by atoms with van der Waals surface area (Å²) < 4.78 is 0. The Kier molecular flexibility index (Phi) is 5.69. The second-order valence-corrected chi connectivity index (χ2v) is 8.47. The largest absolute Gasteiger partial charge is 0.508 e. The van der Waals surface area contributed by atoms with Crippen LogP contribution in [0.3, 0.4) is 0 Å². The van der Waals surface area contributed by atoms with Crippen LogP contribution in [0, 0.1) is 0 Å². The van der Waals surface area contributed by atoms with E-state index in [9.17, 15) is 14.7 Å². The van der Waals surface area contributed by atoms with Crippen LogP contribution in [-0.4, -0.2) is 77.1 Å². The molecule has 3 fully saturated rings. The summed E-state index contributed by atoms with van der Waals surface area (Å²) in [4.78, 5) is 30.0. The number of halogens is 1. The average molecular weight is 419 g/mol. The van der Waals surface area contributed by atoms with Crippen molar-refractivity contribution in [3.05, 3.63) is 40.9 Å². The van der Waals surface area contributed by atoms with E-state index in [2.05, 4.69) is 16.8 Å². The number of rotatable bonds is 5. The average Bonchev–Trinajstić information content (AvgIpc) is 3.51. The number of likely N-dealkylation sites (tertiary alicyclic amines) is 1. The van der Waals surface area contributed by atoms with Crippen molar-refractivity contribution in [3.8, 4) is 5.75 Å². The van der Waals surface area contributed by atoms with Crippen LogP contribution in [0.1, 0.15) is 29.9 Å². The Morgan fingerprint density at radius 1 is 1.17 bits per heavy atom. The highest BCUT2D eigenvalue weighted by Crippen LogP contribution is 2.44. The van der Waals surface area contributed by atoms with Crippen molar-refractivity contribution in [2.24, 2.45) is 0 Å². The van der Waals surface area contributed by atoms with Gasteiger partial charge in [0.2, 0.25) is 5.91 Å². The summed E-state index contributed by atoms with van der Waals surface area (Å²) in [6.45, 7) is 8.16. The SMILES string of the molecule is C=CC(=O)N1CC(N2CCN(C(=O)NCc3cc(C4CC4)c(Cl)cc3O)CC2)C1. The van der Waals surface area contributed by atoms with E-state index in [-0.39, 0.29) is 24.2 Å². The summed E-state index contributed by atoms with van der Waals surface area (Å²) >= 11 is 6.22. The molecule has 2 N–H and O–H groups in total. The summed E-state index contributed by atoms with van der Waals surface area (Å²) in [7, 11) is 0. The molecule has 0 atom stereocenters. The summed E-state index contributed by atoms with van der Waals surface area (Å²) in [5.41, 5.74) is 1.76. The Balaban J connectivity index is 1.24. The van der Waals surface area contributed by atoms with Crippen LogP contribution >= 0.6 is 11.6 Å². The van der Waals surface area contributed by atoms with E-state index < -0.39 is 0 Å². The molecule has 1 aromatic carbocycles. The molecule has 1 aliphatic carbocycles. The molecule has 3 amide bonds. The summed E-state index contributed by atoms with van der Waals surface area (Å²) in [5, 5.41) is 13.7. The number of phenolic OH excluding ortho intramolecular Hbond substituents is 1. The Morgan fingerprint density at radius 3 is 2.48 bits per heavy atom. The van der Waals surface area contributed by atoms with Gasteiger partial charge in [-0.1, -0.05) is 18.2 Å². The van der Waals surface area contributed by atoms with E-state index in [1.807, 2.05) is 6.07 Å². The quantitative estimate of drug-likeness (QED) is 0.718. The molecule has 2 heterocycles. The van der Waals surface area contributed by atoms with Gasteiger partial charge >= 0.3 is 6.03 Å². The van der Waals surface area contributed by atoms with Crippen LogP contribution in [0.5, 0.6) is 5.75 Å². The number of hydrogen-bond donors (Lipinski definition) is 2. The molecule has 2 saturated heterocycles. The van der Waals surface area contributed by atoms with E-state index in [1.54, 1.807) is 15.9 Å². The molecule has 0 bridgehead atoms. The van der Waals surface area contributed by atoms with Crippen LogP contribution < -0.4 is 5.32 Å². The number of urea groups is 1. The Hall–Kier alpha value is -2.25. The van der Waals surface area contributed by atoms with Gasteiger partial charge < -0.3 is 20.2 Å². The molecule has 1 saturated carbocycles. The third kappa shape index (κ3) is 4.36. The van der Waals surface area contributed by atoms with Crippen LogP contribution in [-0.2, 0) is 11.3 Å². The van der Waals surface area contributed by atoms with Crippen molar-refractivity contribution in [3.63, 3.8) is 0 Å². The van der Waals surface area contributed by atoms with Crippen LogP contribution in [0.25, 0.3) is 0 Å². The van der Waals surface area contributed by atoms with Crippen molar-refractivity contribution in [2.75, 3.05) is 39.3 Å². The maximum atomic E-state index is 12.5. The predicted molar refractivity (Wildman–Crippen MR) is 111 cm³/mol. The molecule has 7 nitrogen and oxygen atoms in total. The summed E-state index contributed by atoms with van der Waals surface area (Å²) in [6, 6.07) is 3.74. The number of carbonyl (C=O) groups is 2. The van der Waals surface area contributed by atoms with Crippen LogP contribution in [0.4, 0.5) is 4.79 Å². The lowest BCUT2D eigenvalue weighted by Gasteiger charge is -2.47. The highest BCUT2D eigenvalue weighted by atomic mass is 35.5. The predicted octanol–water partition coefficient (Wildman–Crippen LogP) is 2.15. The fourth-order valence-corrected chi connectivity index (χ4v) is 4.36. The molecular weight excluding hydrogens is 392 g/mol. The van der Waals surface area contributed by atoms with E-state index in [4.69, 9.17) is 11.6 Å².